The van der Waals surface area contributed by atoms with Gasteiger partial charge in [0, 0.05) is 10.6 Å². The van der Waals surface area contributed by atoms with Gasteiger partial charge in [0.2, 0.25) is 0 Å². The van der Waals surface area contributed by atoms with Crippen LogP contribution in [0.2, 0.25) is 5.02 Å². The molecular formula is C27H24ClNO4S. The Morgan fingerprint density at radius 2 is 1.65 bits per heavy atom. The van der Waals surface area contributed by atoms with Gasteiger partial charge in [-0.2, -0.15) is 0 Å². The molecule has 1 aliphatic heterocycles. The summed E-state index contributed by atoms with van der Waals surface area (Å²) in [5, 5.41) is 0.333. The number of rotatable bonds is 8. The molecule has 0 aliphatic carbocycles. The van der Waals surface area contributed by atoms with Crippen LogP contribution in [0.4, 0.5) is 10.5 Å². The Labute approximate surface area is 208 Å². The van der Waals surface area contributed by atoms with E-state index in [0.717, 1.165) is 34.9 Å². The predicted molar refractivity (Wildman–Crippen MR) is 138 cm³/mol. The van der Waals surface area contributed by atoms with Crippen molar-refractivity contribution in [3.63, 3.8) is 0 Å². The maximum Gasteiger partial charge on any atom is 0.298 e. The maximum absolute atomic E-state index is 13.1. The standard InChI is InChI=1S/C27H24ClNO4S/c1-3-19-9-6-8-12-22(19)29-26(30)25(34-27(29)31)16-18-13-14-23(24(15-18)32-4-2)33-17-20-10-5-7-11-21(20)28/h5-16H,3-4,17H2,1-2H3/b25-16-. The summed E-state index contributed by atoms with van der Waals surface area (Å²) in [6.45, 7) is 4.64. The average Bonchev–Trinajstić information content (AvgIpc) is 3.12. The van der Waals surface area contributed by atoms with Crippen LogP contribution < -0.4 is 14.4 Å². The Kier molecular flexibility index (Phi) is 7.60. The number of carbonyl (C=O) groups is 2. The molecule has 7 heteroatoms. The van der Waals surface area contributed by atoms with Crippen LogP contribution in [0.3, 0.4) is 0 Å². The minimum atomic E-state index is -0.326. The van der Waals surface area contributed by atoms with E-state index < -0.39 is 0 Å². The number of amides is 2. The second-order valence-electron chi connectivity index (χ2n) is 7.52. The lowest BCUT2D eigenvalue weighted by Crippen LogP contribution is -2.28. The quantitative estimate of drug-likeness (QED) is 0.313. The Bertz CT molecular complexity index is 1260. The topological polar surface area (TPSA) is 55.8 Å². The molecule has 0 N–H and O–H groups in total. The second-order valence-corrected chi connectivity index (χ2v) is 8.92. The van der Waals surface area contributed by atoms with E-state index >= 15 is 0 Å². The van der Waals surface area contributed by atoms with Gasteiger partial charge in [-0.1, -0.05) is 61.0 Å². The van der Waals surface area contributed by atoms with Gasteiger partial charge in [-0.3, -0.25) is 9.59 Å². The molecule has 0 spiro atoms. The summed E-state index contributed by atoms with van der Waals surface area (Å²) in [5.41, 5.74) is 3.19. The first kappa shape index (κ1) is 23.9. The van der Waals surface area contributed by atoms with E-state index in [1.54, 1.807) is 24.3 Å². The summed E-state index contributed by atoms with van der Waals surface area (Å²) >= 11 is 7.16. The molecule has 2 amide bonds. The lowest BCUT2D eigenvalue weighted by molar-refractivity contribution is -0.113. The fraction of sp³-hybridized carbons (Fsp3) is 0.185. The number of hydrogen-bond acceptors (Lipinski definition) is 5. The van der Waals surface area contributed by atoms with E-state index in [9.17, 15) is 9.59 Å². The van der Waals surface area contributed by atoms with Crippen LogP contribution in [0.15, 0.2) is 71.6 Å². The Morgan fingerprint density at radius 3 is 2.38 bits per heavy atom. The van der Waals surface area contributed by atoms with Crippen molar-refractivity contribution in [3.8, 4) is 11.5 Å². The fourth-order valence-electron chi connectivity index (χ4n) is 3.63. The van der Waals surface area contributed by atoms with Gasteiger partial charge in [0.25, 0.3) is 11.1 Å². The van der Waals surface area contributed by atoms with Gasteiger partial charge < -0.3 is 9.47 Å². The predicted octanol–water partition coefficient (Wildman–Crippen LogP) is 7.12. The summed E-state index contributed by atoms with van der Waals surface area (Å²) < 4.78 is 11.7. The van der Waals surface area contributed by atoms with Gasteiger partial charge in [-0.15, -0.1) is 0 Å². The van der Waals surface area contributed by atoms with E-state index in [-0.39, 0.29) is 11.1 Å². The largest absolute Gasteiger partial charge is 0.490 e. The summed E-state index contributed by atoms with van der Waals surface area (Å²) in [6.07, 6.45) is 2.43. The molecule has 34 heavy (non-hydrogen) atoms. The monoisotopic (exact) mass is 493 g/mol. The van der Waals surface area contributed by atoms with Crippen LogP contribution in [0.25, 0.3) is 6.08 Å². The molecule has 1 aliphatic rings. The van der Waals surface area contributed by atoms with Crippen molar-refractivity contribution in [1.82, 2.24) is 0 Å². The zero-order valence-electron chi connectivity index (χ0n) is 18.9. The number of imide groups is 1. The van der Waals surface area contributed by atoms with Crippen LogP contribution in [-0.4, -0.2) is 17.8 Å². The molecule has 0 saturated carbocycles. The first-order chi connectivity index (χ1) is 16.5. The third kappa shape index (κ3) is 5.13. The Morgan fingerprint density at radius 1 is 0.912 bits per heavy atom. The zero-order chi connectivity index (χ0) is 24.1. The van der Waals surface area contributed by atoms with Gasteiger partial charge >= 0.3 is 0 Å². The van der Waals surface area contributed by atoms with Gasteiger partial charge in [0.15, 0.2) is 11.5 Å². The van der Waals surface area contributed by atoms with E-state index in [1.165, 1.54) is 4.90 Å². The number of thioether (sulfide) groups is 1. The molecule has 1 saturated heterocycles. The highest BCUT2D eigenvalue weighted by molar-refractivity contribution is 8.19. The summed E-state index contributed by atoms with van der Waals surface area (Å²) in [4.78, 5) is 27.4. The molecule has 0 radical (unpaired) electrons. The molecule has 4 rings (SSSR count). The highest BCUT2D eigenvalue weighted by Crippen LogP contribution is 2.38. The molecule has 0 bridgehead atoms. The first-order valence-electron chi connectivity index (χ1n) is 11.0. The van der Waals surface area contributed by atoms with Gasteiger partial charge in [-0.05, 0) is 66.6 Å². The molecule has 5 nitrogen and oxygen atoms in total. The number of aryl methyl sites for hydroxylation is 1. The number of anilines is 1. The smallest absolute Gasteiger partial charge is 0.298 e. The molecule has 0 unspecified atom stereocenters. The minimum Gasteiger partial charge on any atom is -0.490 e. The number of para-hydroxylation sites is 1. The summed E-state index contributed by atoms with van der Waals surface area (Å²) in [5.74, 6) is 0.802. The Hall–Kier alpha value is -3.22. The average molecular weight is 494 g/mol. The molecule has 1 heterocycles. The van der Waals surface area contributed by atoms with Crippen molar-refractivity contribution in [3.05, 3.63) is 93.3 Å². The lowest BCUT2D eigenvalue weighted by Gasteiger charge is -2.16. The normalized spacial score (nSPS) is 14.7. The number of hydrogen-bond donors (Lipinski definition) is 0. The van der Waals surface area contributed by atoms with Crippen molar-refractivity contribution in [1.29, 1.82) is 0 Å². The fourth-order valence-corrected chi connectivity index (χ4v) is 4.65. The minimum absolute atomic E-state index is 0.300. The third-order valence-electron chi connectivity index (χ3n) is 5.31. The van der Waals surface area contributed by atoms with E-state index in [2.05, 4.69) is 0 Å². The second kappa shape index (κ2) is 10.8. The molecule has 0 atom stereocenters. The van der Waals surface area contributed by atoms with Crippen molar-refractivity contribution < 1.29 is 19.1 Å². The SMILES string of the molecule is CCOc1cc(/C=C2\SC(=O)N(c3ccccc3CC)C2=O)ccc1OCc1ccccc1Cl. The van der Waals surface area contributed by atoms with Crippen LogP contribution in [0, 0.1) is 0 Å². The van der Waals surface area contributed by atoms with Crippen LogP contribution in [0.5, 0.6) is 11.5 Å². The molecule has 174 valence electrons. The van der Waals surface area contributed by atoms with Gasteiger partial charge in [-0.25, -0.2) is 4.90 Å². The number of ether oxygens (including phenoxy) is 2. The summed E-state index contributed by atoms with van der Waals surface area (Å²) in [6, 6.07) is 20.4. The highest BCUT2D eigenvalue weighted by Gasteiger charge is 2.37. The number of halogens is 1. The Balaban J connectivity index is 1.57. The van der Waals surface area contributed by atoms with Gasteiger partial charge in [0.05, 0.1) is 17.2 Å². The molecule has 3 aromatic rings. The zero-order valence-corrected chi connectivity index (χ0v) is 20.5. The van der Waals surface area contributed by atoms with E-state index in [4.69, 9.17) is 21.1 Å². The third-order valence-corrected chi connectivity index (χ3v) is 6.55. The van der Waals surface area contributed by atoms with Gasteiger partial charge in [0.1, 0.15) is 6.61 Å². The highest BCUT2D eigenvalue weighted by atomic mass is 35.5. The van der Waals surface area contributed by atoms with E-state index in [1.807, 2.05) is 62.4 Å². The van der Waals surface area contributed by atoms with Crippen molar-refractivity contribution in [2.24, 2.45) is 0 Å². The molecule has 1 fully saturated rings. The number of carbonyl (C=O) groups excluding carboxylic acids is 2. The van der Waals surface area contributed by atoms with Crippen LogP contribution in [-0.2, 0) is 17.8 Å². The van der Waals surface area contributed by atoms with Crippen molar-refractivity contribution >= 4 is 46.3 Å². The number of benzene rings is 3. The number of nitrogens with zero attached hydrogens (tertiary/aromatic N) is 1. The first-order valence-corrected chi connectivity index (χ1v) is 12.2. The van der Waals surface area contributed by atoms with Crippen LogP contribution in [0.1, 0.15) is 30.5 Å². The lowest BCUT2D eigenvalue weighted by atomic mass is 10.1. The maximum atomic E-state index is 13.1. The summed E-state index contributed by atoms with van der Waals surface area (Å²) in [7, 11) is 0. The molecular weight excluding hydrogens is 470 g/mol. The molecule has 3 aromatic carbocycles. The van der Waals surface area contributed by atoms with Crippen LogP contribution >= 0.6 is 23.4 Å². The molecule has 0 aromatic heterocycles. The van der Waals surface area contributed by atoms with E-state index in [0.29, 0.717) is 40.3 Å². The van der Waals surface area contributed by atoms with Crippen molar-refractivity contribution in [2.75, 3.05) is 11.5 Å². The van der Waals surface area contributed by atoms with Crippen molar-refractivity contribution in [2.45, 2.75) is 26.9 Å².